The van der Waals surface area contributed by atoms with Gasteiger partial charge in [-0.2, -0.15) is 0 Å². The van der Waals surface area contributed by atoms with E-state index in [1.165, 1.54) is 37.7 Å². The molecule has 1 aromatic carbocycles. The van der Waals surface area contributed by atoms with Crippen LogP contribution in [0.2, 0.25) is 0 Å². The Morgan fingerprint density at radius 3 is 2.44 bits per heavy atom. The molecule has 27 heavy (non-hydrogen) atoms. The second-order valence-electron chi connectivity index (χ2n) is 7.55. The molecule has 152 valence electrons. The number of hydrogen-bond donors (Lipinski definition) is 2. The Labute approximate surface area is 180 Å². The average molecular weight is 487 g/mol. The fourth-order valence-electron chi connectivity index (χ4n) is 3.96. The van der Waals surface area contributed by atoms with E-state index >= 15 is 0 Å². The molecule has 0 spiro atoms. The van der Waals surface area contributed by atoms with Gasteiger partial charge >= 0.3 is 0 Å². The quantitative estimate of drug-likeness (QED) is 0.314. The molecule has 0 aromatic heterocycles. The number of rotatable bonds is 9. The van der Waals surface area contributed by atoms with Crippen LogP contribution in [0.1, 0.15) is 44.6 Å². The highest BCUT2D eigenvalue weighted by atomic mass is 127. The number of nitrogens with zero attached hydrogens (tertiary/aromatic N) is 1. The summed E-state index contributed by atoms with van der Waals surface area (Å²) in [6, 6.07) is 6.09. The number of aliphatic imine (C=N–C) groups is 1. The number of nitrogens with one attached hydrogen (secondary N) is 2. The molecule has 2 aliphatic rings. The zero-order valence-electron chi connectivity index (χ0n) is 16.8. The maximum Gasteiger partial charge on any atom is 0.191 e. The van der Waals surface area contributed by atoms with E-state index in [-0.39, 0.29) is 24.0 Å². The normalized spacial score (nSPS) is 18.1. The van der Waals surface area contributed by atoms with E-state index in [0.717, 1.165) is 49.4 Å². The standard InChI is InChI=1S/C21H33N3O2.HI/c1-4-22-20(24-15-21(11-5-12-21)17-7-8-17)23-13-10-16-6-9-18(25-2)19(14-16)26-3;/h6,9,14,17H,4-5,7-8,10-13,15H2,1-3H3,(H2,22,23,24);1H. The fraction of sp³-hybridized carbons (Fsp3) is 0.667. The van der Waals surface area contributed by atoms with E-state index < -0.39 is 0 Å². The van der Waals surface area contributed by atoms with Gasteiger partial charge in [-0.3, -0.25) is 4.99 Å². The monoisotopic (exact) mass is 487 g/mol. The predicted molar refractivity (Wildman–Crippen MR) is 122 cm³/mol. The highest BCUT2D eigenvalue weighted by Crippen LogP contribution is 2.57. The molecule has 1 aromatic rings. The lowest BCUT2D eigenvalue weighted by atomic mass is 9.65. The molecule has 0 saturated heterocycles. The predicted octanol–water partition coefficient (Wildman–Crippen LogP) is 4.00. The van der Waals surface area contributed by atoms with Gasteiger partial charge in [-0.15, -0.1) is 24.0 Å². The van der Waals surface area contributed by atoms with Gasteiger partial charge in [-0.1, -0.05) is 12.5 Å². The third-order valence-corrected chi connectivity index (χ3v) is 5.84. The van der Waals surface area contributed by atoms with Gasteiger partial charge in [0.25, 0.3) is 0 Å². The number of guanidine groups is 1. The van der Waals surface area contributed by atoms with E-state index in [2.05, 4.69) is 23.6 Å². The number of methoxy groups -OCH3 is 2. The van der Waals surface area contributed by atoms with Gasteiger partial charge in [0.2, 0.25) is 0 Å². The summed E-state index contributed by atoms with van der Waals surface area (Å²) in [6.07, 6.45) is 7.86. The van der Waals surface area contributed by atoms with Gasteiger partial charge < -0.3 is 20.1 Å². The molecule has 0 bridgehead atoms. The maximum absolute atomic E-state index is 5.38. The first-order valence-corrected chi connectivity index (χ1v) is 9.94. The number of halogens is 1. The third-order valence-electron chi connectivity index (χ3n) is 5.84. The Balaban J connectivity index is 0.00000261. The Kier molecular flexibility index (Phi) is 8.51. The minimum absolute atomic E-state index is 0. The van der Waals surface area contributed by atoms with Crippen LogP contribution in [0.15, 0.2) is 23.2 Å². The molecule has 0 aliphatic heterocycles. The van der Waals surface area contributed by atoms with Crippen molar-refractivity contribution in [3.8, 4) is 11.5 Å². The minimum Gasteiger partial charge on any atom is -0.493 e. The summed E-state index contributed by atoms with van der Waals surface area (Å²) in [5, 5.41) is 6.87. The zero-order chi connectivity index (χ0) is 18.4. The Bertz CT molecular complexity index is 628. The molecule has 3 rings (SSSR count). The number of ether oxygens (including phenoxy) is 2. The molecular formula is C21H34IN3O2. The molecule has 0 unspecified atom stereocenters. The Morgan fingerprint density at radius 1 is 1.15 bits per heavy atom. The van der Waals surface area contributed by atoms with Crippen molar-refractivity contribution < 1.29 is 9.47 Å². The van der Waals surface area contributed by atoms with Crippen molar-refractivity contribution in [3.05, 3.63) is 23.8 Å². The maximum atomic E-state index is 5.38. The molecule has 6 heteroatoms. The van der Waals surface area contributed by atoms with Gasteiger partial charge in [-0.05, 0) is 68.1 Å². The van der Waals surface area contributed by atoms with Crippen LogP contribution in [0.4, 0.5) is 0 Å². The van der Waals surface area contributed by atoms with Crippen molar-refractivity contribution in [3.63, 3.8) is 0 Å². The number of benzene rings is 1. The summed E-state index contributed by atoms with van der Waals surface area (Å²) in [5.41, 5.74) is 1.74. The van der Waals surface area contributed by atoms with Crippen LogP contribution in [0.5, 0.6) is 11.5 Å². The second-order valence-corrected chi connectivity index (χ2v) is 7.55. The summed E-state index contributed by atoms with van der Waals surface area (Å²) in [5.74, 6) is 3.43. The van der Waals surface area contributed by atoms with E-state index in [4.69, 9.17) is 14.5 Å². The molecule has 5 nitrogen and oxygen atoms in total. The highest BCUT2D eigenvalue weighted by molar-refractivity contribution is 14.0. The molecule has 2 saturated carbocycles. The van der Waals surface area contributed by atoms with Crippen LogP contribution < -0.4 is 20.1 Å². The zero-order valence-corrected chi connectivity index (χ0v) is 19.2. The second kappa shape index (κ2) is 10.4. The van der Waals surface area contributed by atoms with Gasteiger partial charge in [0.15, 0.2) is 17.5 Å². The molecule has 0 amide bonds. The molecule has 2 N–H and O–H groups in total. The molecule has 0 heterocycles. The van der Waals surface area contributed by atoms with Gasteiger partial charge in [-0.25, -0.2) is 0 Å². The van der Waals surface area contributed by atoms with Crippen molar-refractivity contribution in [1.82, 2.24) is 10.6 Å². The number of hydrogen-bond acceptors (Lipinski definition) is 3. The Hall–Kier alpha value is -1.18. The lowest BCUT2D eigenvalue weighted by Gasteiger charge is -2.41. The van der Waals surface area contributed by atoms with Crippen LogP contribution in [-0.4, -0.2) is 39.8 Å². The molecule has 0 atom stereocenters. The topological polar surface area (TPSA) is 54.9 Å². The van der Waals surface area contributed by atoms with Crippen molar-refractivity contribution in [2.75, 3.05) is 33.9 Å². The van der Waals surface area contributed by atoms with Crippen LogP contribution in [0.3, 0.4) is 0 Å². The Morgan fingerprint density at radius 2 is 1.89 bits per heavy atom. The summed E-state index contributed by atoms with van der Waals surface area (Å²) < 4.78 is 10.7. The van der Waals surface area contributed by atoms with Crippen molar-refractivity contribution >= 4 is 29.9 Å². The first kappa shape index (κ1) is 22.1. The van der Waals surface area contributed by atoms with Gasteiger partial charge in [0.1, 0.15) is 0 Å². The molecule has 2 aliphatic carbocycles. The lowest BCUT2D eigenvalue weighted by Crippen LogP contribution is -2.41. The van der Waals surface area contributed by atoms with Crippen molar-refractivity contribution in [2.24, 2.45) is 16.3 Å². The van der Waals surface area contributed by atoms with Gasteiger partial charge in [0.05, 0.1) is 14.2 Å². The van der Waals surface area contributed by atoms with E-state index in [0.29, 0.717) is 5.41 Å². The first-order chi connectivity index (χ1) is 12.7. The lowest BCUT2D eigenvalue weighted by molar-refractivity contribution is 0.113. The summed E-state index contributed by atoms with van der Waals surface area (Å²) in [7, 11) is 3.33. The van der Waals surface area contributed by atoms with Gasteiger partial charge in [0, 0.05) is 19.6 Å². The highest BCUT2D eigenvalue weighted by Gasteiger charge is 2.48. The smallest absolute Gasteiger partial charge is 0.191 e. The third kappa shape index (κ3) is 5.65. The first-order valence-electron chi connectivity index (χ1n) is 9.94. The van der Waals surface area contributed by atoms with E-state index in [9.17, 15) is 0 Å². The fourth-order valence-corrected chi connectivity index (χ4v) is 3.96. The van der Waals surface area contributed by atoms with E-state index in [1.54, 1.807) is 14.2 Å². The molecule has 0 radical (unpaired) electrons. The van der Waals surface area contributed by atoms with Crippen LogP contribution in [0, 0.1) is 11.3 Å². The molecular weight excluding hydrogens is 453 g/mol. The summed E-state index contributed by atoms with van der Waals surface area (Å²) in [6.45, 7) is 4.82. The van der Waals surface area contributed by atoms with Crippen molar-refractivity contribution in [2.45, 2.75) is 45.4 Å². The van der Waals surface area contributed by atoms with E-state index in [1.807, 2.05) is 12.1 Å². The minimum atomic E-state index is 0. The average Bonchev–Trinajstić information content (AvgIpc) is 3.46. The summed E-state index contributed by atoms with van der Waals surface area (Å²) in [4.78, 5) is 4.91. The molecule has 2 fully saturated rings. The SMILES string of the molecule is CCNC(=NCC1(C2CC2)CCC1)NCCc1ccc(OC)c(OC)c1.I. The van der Waals surface area contributed by atoms with Crippen LogP contribution in [-0.2, 0) is 6.42 Å². The summed E-state index contributed by atoms with van der Waals surface area (Å²) >= 11 is 0. The van der Waals surface area contributed by atoms with Crippen LogP contribution >= 0.6 is 24.0 Å². The largest absolute Gasteiger partial charge is 0.493 e. The van der Waals surface area contributed by atoms with Crippen molar-refractivity contribution in [1.29, 1.82) is 0 Å². The van der Waals surface area contributed by atoms with Crippen LogP contribution in [0.25, 0.3) is 0 Å².